The summed E-state index contributed by atoms with van der Waals surface area (Å²) in [5.74, 6) is 0. The van der Waals surface area contributed by atoms with Crippen LogP contribution in [0.25, 0.3) is 11.1 Å². The Morgan fingerprint density at radius 1 is 1.00 bits per heavy atom. The molecule has 4 heteroatoms. The number of benzene rings is 2. The van der Waals surface area contributed by atoms with E-state index in [1.807, 2.05) is 6.07 Å². The zero-order valence-corrected chi connectivity index (χ0v) is 21.4. The van der Waals surface area contributed by atoms with Gasteiger partial charge in [0.2, 0.25) is 0 Å². The second-order valence-corrected chi connectivity index (χ2v) is 7.17. The van der Waals surface area contributed by atoms with Crippen LogP contribution in [-0.4, -0.2) is 9.52 Å². The van der Waals surface area contributed by atoms with E-state index < -0.39 is 0 Å². The molecule has 0 fully saturated rings. The molecule has 0 amide bonds. The zero-order valence-electron chi connectivity index (χ0n) is 16.3. The fraction of sp³-hybridized carbons (Fsp3) is 0.261. The van der Waals surface area contributed by atoms with Gasteiger partial charge in [-0.2, -0.15) is 53.6 Å². The monoisotopic (exact) mass is 491 g/mol. The van der Waals surface area contributed by atoms with E-state index in [0.29, 0.717) is 0 Å². The van der Waals surface area contributed by atoms with Crippen molar-refractivity contribution < 1.29 is 51.0 Å². The molecular formula is C23H27Cl2SiZr. The molecule has 0 nitrogen and oxygen atoms in total. The Balaban J connectivity index is 0. The topological polar surface area (TPSA) is 0 Å². The Morgan fingerprint density at radius 2 is 1.67 bits per heavy atom. The van der Waals surface area contributed by atoms with Gasteiger partial charge in [-0.15, -0.1) is 5.56 Å². The fourth-order valence-corrected chi connectivity index (χ4v) is 2.87. The van der Waals surface area contributed by atoms with Crippen molar-refractivity contribution in [3.05, 3.63) is 89.5 Å². The maximum atomic E-state index is 3.30. The second-order valence-electron chi connectivity index (χ2n) is 6.02. The predicted molar refractivity (Wildman–Crippen MR) is 108 cm³/mol. The van der Waals surface area contributed by atoms with Crippen molar-refractivity contribution in [1.29, 1.82) is 0 Å². The van der Waals surface area contributed by atoms with Gasteiger partial charge in [0.1, 0.15) is 0 Å². The number of aryl methyl sites for hydroxylation is 1. The van der Waals surface area contributed by atoms with E-state index in [2.05, 4.69) is 86.7 Å². The standard InChI is InChI=1S/C13H9.C8H11.C2H7Si.2ClH.Zr/c1-3-7-12-10(5-1)9-11-6-2-4-8-13(11)12;1-2-5-8-6-3-4-7-8;1-3-2;;;/h1-5,7-8H,9H2;3-4,6-7H,2,5H2,1H3;3H,1-2H3;2*1H;/q2*-1;;;;+4/p-2. The molecule has 1 aliphatic rings. The summed E-state index contributed by atoms with van der Waals surface area (Å²) in [5, 5.41) is 0. The fourth-order valence-electron chi connectivity index (χ4n) is 2.87. The third-order valence-corrected chi connectivity index (χ3v) is 3.89. The molecule has 0 saturated heterocycles. The molecule has 0 bridgehead atoms. The third kappa shape index (κ3) is 9.01. The summed E-state index contributed by atoms with van der Waals surface area (Å²) in [6.07, 6.45) is 3.53. The minimum absolute atomic E-state index is 0. The van der Waals surface area contributed by atoms with E-state index >= 15 is 0 Å². The van der Waals surface area contributed by atoms with Crippen LogP contribution in [0.2, 0.25) is 13.1 Å². The third-order valence-electron chi connectivity index (χ3n) is 3.89. The van der Waals surface area contributed by atoms with Gasteiger partial charge in [0, 0.05) is 9.52 Å². The van der Waals surface area contributed by atoms with E-state index in [1.165, 1.54) is 40.7 Å². The van der Waals surface area contributed by atoms with E-state index in [4.69, 9.17) is 0 Å². The van der Waals surface area contributed by atoms with Gasteiger partial charge in [-0.3, -0.25) is 0 Å². The molecule has 3 aromatic rings. The minimum atomic E-state index is 0. The normalized spacial score (nSPS) is 9.44. The summed E-state index contributed by atoms with van der Waals surface area (Å²) in [4.78, 5) is 0. The van der Waals surface area contributed by atoms with Crippen LogP contribution in [0.1, 0.15) is 30.0 Å². The Kier molecular flexibility index (Phi) is 17.4. The molecule has 0 saturated carbocycles. The molecule has 1 aliphatic carbocycles. The number of hydrogen-bond acceptors (Lipinski definition) is 0. The van der Waals surface area contributed by atoms with Crippen LogP contribution in [0.5, 0.6) is 0 Å². The summed E-state index contributed by atoms with van der Waals surface area (Å²) in [5.41, 5.74) is 6.98. The zero-order chi connectivity index (χ0) is 17.2. The van der Waals surface area contributed by atoms with Crippen LogP contribution in [0.3, 0.4) is 0 Å². The van der Waals surface area contributed by atoms with Gasteiger partial charge >= 0.3 is 26.2 Å². The second kappa shape index (κ2) is 16.4. The van der Waals surface area contributed by atoms with E-state index in [0.717, 1.165) is 15.9 Å². The van der Waals surface area contributed by atoms with Crippen LogP contribution < -0.4 is 24.8 Å². The predicted octanol–water partition coefficient (Wildman–Crippen LogP) is -0.0594. The average Bonchev–Trinajstić information content (AvgIpc) is 3.24. The first kappa shape index (κ1) is 28.7. The number of halogens is 2. The van der Waals surface area contributed by atoms with Gasteiger partial charge in [-0.05, 0) is 6.42 Å². The molecular weight excluding hydrogens is 466 g/mol. The number of rotatable bonds is 2. The van der Waals surface area contributed by atoms with Gasteiger partial charge in [0.15, 0.2) is 0 Å². The maximum Gasteiger partial charge on any atom is 4.00 e. The van der Waals surface area contributed by atoms with Crippen LogP contribution >= 0.6 is 0 Å². The summed E-state index contributed by atoms with van der Waals surface area (Å²) in [6, 6.07) is 26.6. The first-order chi connectivity index (χ1) is 11.8. The van der Waals surface area contributed by atoms with Gasteiger partial charge in [-0.1, -0.05) is 68.3 Å². The van der Waals surface area contributed by atoms with Crippen molar-refractivity contribution in [2.24, 2.45) is 0 Å². The molecule has 0 aliphatic heterocycles. The molecule has 1 radical (unpaired) electrons. The number of hydrogen-bond donors (Lipinski definition) is 0. The first-order valence-electron chi connectivity index (χ1n) is 8.82. The van der Waals surface area contributed by atoms with Crippen molar-refractivity contribution in [3.8, 4) is 11.1 Å². The Morgan fingerprint density at radius 3 is 2.30 bits per heavy atom. The molecule has 0 atom stereocenters. The van der Waals surface area contributed by atoms with Crippen molar-refractivity contribution in [2.75, 3.05) is 0 Å². The van der Waals surface area contributed by atoms with E-state index in [1.54, 1.807) is 0 Å². The van der Waals surface area contributed by atoms with Crippen LogP contribution in [0.15, 0.2) is 66.7 Å². The summed E-state index contributed by atoms with van der Waals surface area (Å²) in [7, 11) is 0.750. The Hall–Kier alpha value is -0.530. The van der Waals surface area contributed by atoms with Crippen LogP contribution in [0, 0.1) is 6.07 Å². The molecule has 27 heavy (non-hydrogen) atoms. The summed E-state index contributed by atoms with van der Waals surface area (Å²) < 4.78 is 0. The van der Waals surface area contributed by atoms with Gasteiger partial charge < -0.3 is 24.8 Å². The van der Waals surface area contributed by atoms with E-state index in [-0.39, 0.29) is 51.0 Å². The molecule has 0 aromatic heterocycles. The molecule has 0 spiro atoms. The quantitative estimate of drug-likeness (QED) is 0.271. The SMILES string of the molecule is CCCc1cc[cH-]c1.C[SiH]C.[Cl-].[Cl-].[Zr+4].[c-]1cccc2c1Cc1ccccc1-2. The van der Waals surface area contributed by atoms with Crippen LogP contribution in [-0.2, 0) is 39.0 Å². The molecule has 141 valence electrons. The summed E-state index contributed by atoms with van der Waals surface area (Å²) >= 11 is 0. The molecule has 4 rings (SSSR count). The van der Waals surface area contributed by atoms with Crippen molar-refractivity contribution in [3.63, 3.8) is 0 Å². The first-order valence-corrected chi connectivity index (χ1v) is 11.1. The summed E-state index contributed by atoms with van der Waals surface area (Å²) in [6.45, 7) is 6.62. The van der Waals surface area contributed by atoms with Gasteiger partial charge in [0.05, 0.1) is 0 Å². The molecule has 0 N–H and O–H groups in total. The van der Waals surface area contributed by atoms with Gasteiger partial charge in [0.25, 0.3) is 0 Å². The van der Waals surface area contributed by atoms with E-state index in [9.17, 15) is 0 Å². The van der Waals surface area contributed by atoms with Gasteiger partial charge in [-0.25, -0.2) is 6.07 Å². The van der Waals surface area contributed by atoms with Crippen molar-refractivity contribution in [1.82, 2.24) is 0 Å². The molecule has 0 heterocycles. The van der Waals surface area contributed by atoms with Crippen molar-refractivity contribution in [2.45, 2.75) is 39.3 Å². The van der Waals surface area contributed by atoms with Crippen molar-refractivity contribution >= 4 is 9.52 Å². The minimum Gasteiger partial charge on any atom is -1.00 e. The maximum absolute atomic E-state index is 3.30. The molecule has 3 aromatic carbocycles. The largest absolute Gasteiger partial charge is 4.00 e. The Labute approximate surface area is 199 Å². The molecule has 0 unspecified atom stereocenters. The Bertz CT molecular complexity index is 683. The smallest absolute Gasteiger partial charge is 1.00 e. The average molecular weight is 494 g/mol. The number of fused-ring (bicyclic) bond motifs is 3. The van der Waals surface area contributed by atoms with Crippen LogP contribution in [0.4, 0.5) is 0 Å².